The lowest BCUT2D eigenvalue weighted by atomic mass is 9.87. The van der Waals surface area contributed by atoms with E-state index in [9.17, 15) is 27.9 Å². The Bertz CT molecular complexity index is 1850. The van der Waals surface area contributed by atoms with Crippen LogP contribution in [0.5, 0.6) is 17.2 Å². The third kappa shape index (κ3) is 10.1. The highest BCUT2D eigenvalue weighted by Crippen LogP contribution is 2.47. The number of esters is 1. The van der Waals surface area contributed by atoms with Gasteiger partial charge in [0.05, 0.1) is 43.5 Å². The minimum absolute atomic E-state index is 0.0520. The summed E-state index contributed by atoms with van der Waals surface area (Å²) in [6, 6.07) is 17.4. The van der Waals surface area contributed by atoms with Crippen LogP contribution in [-0.4, -0.2) is 80.8 Å². The van der Waals surface area contributed by atoms with E-state index < -0.39 is 43.0 Å². The Morgan fingerprint density at radius 2 is 1.41 bits per heavy atom. The molecule has 51 heavy (non-hydrogen) atoms. The summed E-state index contributed by atoms with van der Waals surface area (Å²) in [4.78, 5) is 39.4. The Morgan fingerprint density at radius 3 is 1.88 bits per heavy atom. The van der Waals surface area contributed by atoms with Crippen molar-refractivity contribution < 1.29 is 46.9 Å². The lowest BCUT2D eigenvalue weighted by Gasteiger charge is -2.28. The molecule has 0 aromatic heterocycles. The van der Waals surface area contributed by atoms with Gasteiger partial charge in [-0.1, -0.05) is 30.0 Å². The van der Waals surface area contributed by atoms with Crippen molar-refractivity contribution in [2.24, 2.45) is 0 Å². The molecule has 14 heteroatoms. The van der Waals surface area contributed by atoms with Crippen molar-refractivity contribution >= 4 is 67.6 Å². The summed E-state index contributed by atoms with van der Waals surface area (Å²) in [6.45, 7) is 7.17. The Hall–Kier alpha value is -3.59. The van der Waals surface area contributed by atoms with Gasteiger partial charge in [0.1, 0.15) is 28.9 Å². The number of aliphatic hydroxyl groups excluding tert-OH is 1. The number of Topliss-reactive ketones (excluding diaryl/α,β-unsaturated/α-hetero) is 1. The van der Waals surface area contributed by atoms with Crippen molar-refractivity contribution in [3.63, 3.8) is 0 Å². The number of hydrogen-bond donors (Lipinski definition) is 1. The normalized spacial score (nSPS) is 15.6. The van der Waals surface area contributed by atoms with E-state index in [1.165, 1.54) is 33.1 Å². The van der Waals surface area contributed by atoms with Crippen molar-refractivity contribution in [2.45, 2.75) is 58.7 Å². The zero-order valence-electron chi connectivity index (χ0n) is 30.3. The number of thioether (sulfide) groups is 2. The number of benzene rings is 3. The molecule has 1 heterocycles. The van der Waals surface area contributed by atoms with Crippen molar-refractivity contribution in [2.75, 3.05) is 41.0 Å². The number of aliphatic hydroxyl groups is 1. The predicted octanol–water partition coefficient (Wildman–Crippen LogP) is 6.73. The summed E-state index contributed by atoms with van der Waals surface area (Å²) < 4.78 is 42.6. The van der Waals surface area contributed by atoms with Crippen LogP contribution in [0.1, 0.15) is 50.3 Å². The Labute approximate surface area is 313 Å². The molecule has 0 saturated heterocycles. The summed E-state index contributed by atoms with van der Waals surface area (Å²) in [5, 5.41) is 10.1. The topological polar surface area (TPSA) is 143 Å². The minimum atomic E-state index is -1.22. The van der Waals surface area contributed by atoms with Crippen molar-refractivity contribution in [1.29, 1.82) is 0 Å². The molecule has 0 bridgehead atoms. The standard InChI is InChI=1S/C23H28O6S2.C14H16O4S2/c1-23(2,30-14-15-7-9-16(27-3)10-8-15)21(24)20(22(25)29-5)18-12-11-17(31(6)26)13-19(18)28-4;1-14(2)12(15)11(13(16)19-14)9-6-5-8(20(4)17)7-10(9)18-3/h7-13,20H,14H2,1-6H3;5-7,15H,1-4H3. The monoisotopic (exact) mass is 776 g/mol. The van der Waals surface area contributed by atoms with Gasteiger partial charge in [-0.2, -0.15) is 0 Å². The quantitative estimate of drug-likeness (QED) is 0.145. The molecule has 276 valence electrons. The number of ketones is 1. The van der Waals surface area contributed by atoms with Gasteiger partial charge >= 0.3 is 5.97 Å². The molecule has 0 spiro atoms. The Balaban J connectivity index is 0.000000302. The van der Waals surface area contributed by atoms with Gasteiger partial charge < -0.3 is 24.1 Å². The Morgan fingerprint density at radius 1 is 0.863 bits per heavy atom. The molecule has 1 aliphatic heterocycles. The number of carbonyl (C=O) groups is 3. The average molecular weight is 777 g/mol. The van der Waals surface area contributed by atoms with E-state index in [1.54, 1.807) is 83.7 Å². The maximum atomic E-state index is 13.5. The van der Waals surface area contributed by atoms with E-state index in [0.717, 1.165) is 23.1 Å². The smallest absolute Gasteiger partial charge is 0.320 e. The van der Waals surface area contributed by atoms with Gasteiger partial charge in [-0.25, -0.2) is 0 Å². The van der Waals surface area contributed by atoms with Crippen molar-refractivity contribution in [3.05, 3.63) is 83.1 Å². The summed E-state index contributed by atoms with van der Waals surface area (Å²) in [5.74, 6) is 0.0560. The molecule has 3 unspecified atom stereocenters. The van der Waals surface area contributed by atoms with Gasteiger partial charge in [0.2, 0.25) is 5.12 Å². The van der Waals surface area contributed by atoms with Crippen LogP contribution in [-0.2, 0) is 46.5 Å². The van der Waals surface area contributed by atoms with E-state index in [1.807, 2.05) is 24.3 Å². The van der Waals surface area contributed by atoms with Crippen molar-refractivity contribution in [1.82, 2.24) is 0 Å². The number of hydrogen-bond acceptors (Lipinski definition) is 12. The number of carbonyl (C=O) groups excluding carboxylic acids is 3. The molecule has 0 aliphatic carbocycles. The maximum Gasteiger partial charge on any atom is 0.320 e. The molecule has 10 nitrogen and oxygen atoms in total. The van der Waals surface area contributed by atoms with E-state index in [2.05, 4.69) is 0 Å². The highest BCUT2D eigenvalue weighted by molar-refractivity contribution is 8.16. The second-order valence-electron chi connectivity index (χ2n) is 12.3. The zero-order valence-corrected chi connectivity index (χ0v) is 33.6. The first-order valence-electron chi connectivity index (χ1n) is 15.5. The van der Waals surface area contributed by atoms with Crippen LogP contribution in [0.2, 0.25) is 0 Å². The molecule has 0 fully saturated rings. The second-order valence-corrected chi connectivity index (χ2v) is 18.2. The SMILES string of the molecule is COC(=O)C(C(=O)C(C)(C)SCc1ccc(OC)cc1)c1ccc(S(C)=O)cc1OC.COc1cc(S(C)=O)ccc1C1=C(O)C(C)(C)SC1=O. The van der Waals surface area contributed by atoms with Crippen LogP contribution in [0.4, 0.5) is 0 Å². The molecule has 1 aliphatic rings. The van der Waals surface area contributed by atoms with Gasteiger partial charge in [-0.3, -0.25) is 22.8 Å². The first-order chi connectivity index (χ1) is 23.9. The molecule has 0 saturated carbocycles. The molecule has 0 amide bonds. The van der Waals surface area contributed by atoms with Gasteiger partial charge in [-0.15, -0.1) is 11.8 Å². The van der Waals surface area contributed by atoms with Crippen LogP contribution in [0.15, 0.2) is 76.2 Å². The first kappa shape index (κ1) is 41.8. The summed E-state index contributed by atoms with van der Waals surface area (Å²) >= 11 is 2.52. The molecule has 4 rings (SSSR count). The highest BCUT2D eigenvalue weighted by atomic mass is 32.2. The van der Waals surface area contributed by atoms with Crippen LogP contribution in [0.3, 0.4) is 0 Å². The number of rotatable bonds is 13. The average Bonchev–Trinajstić information content (AvgIpc) is 3.31. The lowest BCUT2D eigenvalue weighted by molar-refractivity contribution is -0.146. The van der Waals surface area contributed by atoms with Gasteiger partial charge in [0, 0.05) is 60.8 Å². The van der Waals surface area contributed by atoms with Gasteiger partial charge in [-0.05, 0) is 75.7 Å². The molecule has 3 aromatic rings. The third-order valence-electron chi connectivity index (χ3n) is 8.03. The zero-order chi connectivity index (χ0) is 38.3. The highest BCUT2D eigenvalue weighted by Gasteiger charge is 2.42. The lowest BCUT2D eigenvalue weighted by Crippen LogP contribution is -2.37. The fourth-order valence-corrected chi connectivity index (χ4v) is 8.05. The van der Waals surface area contributed by atoms with Crippen LogP contribution in [0.25, 0.3) is 5.57 Å². The summed E-state index contributed by atoms with van der Waals surface area (Å²) in [6.07, 6.45) is 3.13. The number of methoxy groups -OCH3 is 4. The largest absolute Gasteiger partial charge is 0.510 e. The van der Waals surface area contributed by atoms with E-state index >= 15 is 0 Å². The van der Waals surface area contributed by atoms with Crippen molar-refractivity contribution in [3.8, 4) is 17.2 Å². The summed E-state index contributed by atoms with van der Waals surface area (Å²) in [7, 11) is 3.44. The van der Waals surface area contributed by atoms with E-state index in [4.69, 9.17) is 18.9 Å². The molecule has 0 radical (unpaired) electrons. The maximum absolute atomic E-state index is 13.5. The molecular formula is C37H44O10S4. The van der Waals surface area contributed by atoms with Gasteiger partial charge in [0.15, 0.2) is 5.78 Å². The number of ether oxygens (including phenoxy) is 4. The second kappa shape index (κ2) is 17.8. The molecule has 1 N–H and O–H groups in total. The predicted molar refractivity (Wildman–Crippen MR) is 205 cm³/mol. The molecular weight excluding hydrogens is 733 g/mol. The van der Waals surface area contributed by atoms with Crippen LogP contribution >= 0.6 is 23.5 Å². The first-order valence-corrected chi connectivity index (χ1v) is 20.4. The summed E-state index contributed by atoms with van der Waals surface area (Å²) in [5.41, 5.74) is 2.23. The van der Waals surface area contributed by atoms with Crippen LogP contribution in [0, 0.1) is 0 Å². The molecule has 3 atom stereocenters. The van der Waals surface area contributed by atoms with Gasteiger partial charge in [0.25, 0.3) is 0 Å². The third-order valence-corrected chi connectivity index (χ3v) is 12.4. The minimum Gasteiger partial charge on any atom is -0.510 e. The molecule has 3 aromatic carbocycles. The van der Waals surface area contributed by atoms with Crippen LogP contribution < -0.4 is 14.2 Å². The van der Waals surface area contributed by atoms with E-state index in [-0.39, 0.29) is 22.2 Å². The van der Waals surface area contributed by atoms with E-state index in [0.29, 0.717) is 38.2 Å². The Kier molecular flexibility index (Phi) is 14.6. The fourth-order valence-electron chi connectivity index (χ4n) is 5.03. The fraction of sp³-hybridized carbons (Fsp3) is 0.378.